The number of pyridine rings is 1. The Morgan fingerprint density at radius 1 is 0.939 bits per heavy atom. The lowest BCUT2D eigenvalue weighted by atomic mass is 9.93. The number of carbonyl (C=O) groups is 2. The summed E-state index contributed by atoms with van der Waals surface area (Å²) in [6.45, 7) is 15.8. The molecule has 0 spiro atoms. The third-order valence-corrected chi connectivity index (χ3v) is 8.73. The molecule has 2 aliphatic rings. The summed E-state index contributed by atoms with van der Waals surface area (Å²) < 4.78 is 29.4. The number of ether oxygens (including phenoxy) is 5. The molecule has 0 N–H and O–H groups in total. The molecule has 1 amide bonds. The molecule has 10 nitrogen and oxygen atoms in total. The van der Waals surface area contributed by atoms with E-state index < -0.39 is 11.2 Å². The Morgan fingerprint density at radius 2 is 1.67 bits per heavy atom. The number of rotatable bonds is 8. The Morgan fingerprint density at radius 3 is 2.37 bits per heavy atom. The first kappa shape index (κ1) is 36.0. The SMILES string of the molecule is COc1cc(COc2c(C)cccc2-c2cccc(N3CC[C@H](C(=O)OC(C)(C)C)[C@H](OC)C3)n2)cc2c1CN(C(=O)OC(C)(C)C)CC2. The molecule has 1 aromatic heterocycles. The Labute approximate surface area is 290 Å². The summed E-state index contributed by atoms with van der Waals surface area (Å²) in [7, 11) is 3.29. The van der Waals surface area contributed by atoms with Gasteiger partial charge in [-0.05, 0) is 102 Å². The van der Waals surface area contributed by atoms with Gasteiger partial charge in [0.25, 0.3) is 0 Å². The van der Waals surface area contributed by atoms with Crippen LogP contribution in [0, 0.1) is 12.8 Å². The first-order valence-corrected chi connectivity index (χ1v) is 17.0. The van der Waals surface area contributed by atoms with Crippen molar-refractivity contribution in [2.75, 3.05) is 38.8 Å². The van der Waals surface area contributed by atoms with E-state index in [1.54, 1.807) is 19.1 Å². The maximum Gasteiger partial charge on any atom is 0.410 e. The minimum atomic E-state index is -0.554. The molecule has 3 aromatic rings. The van der Waals surface area contributed by atoms with Crippen molar-refractivity contribution in [3.05, 3.63) is 70.8 Å². The molecule has 2 atom stereocenters. The van der Waals surface area contributed by atoms with Gasteiger partial charge in [-0.3, -0.25) is 4.79 Å². The normalized spacial score (nSPS) is 18.1. The molecule has 3 heterocycles. The summed E-state index contributed by atoms with van der Waals surface area (Å²) in [5.41, 5.74) is 4.70. The van der Waals surface area contributed by atoms with Crippen molar-refractivity contribution in [3.8, 4) is 22.8 Å². The molecule has 2 aromatic carbocycles. The average Bonchev–Trinajstić information content (AvgIpc) is 3.05. The summed E-state index contributed by atoms with van der Waals surface area (Å²) in [6, 6.07) is 16.2. The van der Waals surface area contributed by atoms with Crippen LogP contribution in [0.1, 0.15) is 70.2 Å². The van der Waals surface area contributed by atoms with Crippen molar-refractivity contribution in [3.63, 3.8) is 0 Å². The van der Waals surface area contributed by atoms with Crippen molar-refractivity contribution in [1.82, 2.24) is 9.88 Å². The van der Waals surface area contributed by atoms with Crippen LogP contribution in [0.2, 0.25) is 0 Å². The summed E-state index contributed by atoms with van der Waals surface area (Å²) in [5, 5.41) is 0. The van der Waals surface area contributed by atoms with E-state index in [4.69, 9.17) is 28.7 Å². The number of aryl methyl sites for hydroxylation is 1. The quantitative estimate of drug-likeness (QED) is 0.232. The van der Waals surface area contributed by atoms with Crippen molar-refractivity contribution in [2.24, 2.45) is 5.92 Å². The van der Waals surface area contributed by atoms with Gasteiger partial charge < -0.3 is 33.5 Å². The first-order valence-electron chi connectivity index (χ1n) is 17.0. The van der Waals surface area contributed by atoms with Gasteiger partial charge in [0, 0.05) is 37.9 Å². The number of hydrogen-bond donors (Lipinski definition) is 0. The number of nitrogens with zero attached hydrogens (tertiary/aromatic N) is 3. The number of para-hydroxylation sites is 1. The molecule has 2 aliphatic heterocycles. The van der Waals surface area contributed by atoms with Crippen molar-refractivity contribution in [2.45, 2.75) is 91.8 Å². The number of fused-ring (bicyclic) bond motifs is 1. The van der Waals surface area contributed by atoms with Crippen molar-refractivity contribution in [1.29, 1.82) is 0 Å². The number of methoxy groups -OCH3 is 2. The monoisotopic (exact) mass is 673 g/mol. The number of esters is 1. The van der Waals surface area contributed by atoms with E-state index in [0.717, 1.165) is 50.8 Å². The molecule has 0 saturated carbocycles. The zero-order valence-electron chi connectivity index (χ0n) is 30.4. The van der Waals surface area contributed by atoms with E-state index in [9.17, 15) is 9.59 Å². The van der Waals surface area contributed by atoms with Crippen LogP contribution in [-0.2, 0) is 38.6 Å². The predicted octanol–water partition coefficient (Wildman–Crippen LogP) is 7.12. The molecule has 264 valence electrons. The van der Waals surface area contributed by atoms with Crippen molar-refractivity contribution >= 4 is 17.9 Å². The van der Waals surface area contributed by atoms with Gasteiger partial charge in [-0.1, -0.05) is 24.3 Å². The fourth-order valence-electron chi connectivity index (χ4n) is 6.40. The van der Waals surface area contributed by atoms with Gasteiger partial charge in [0.1, 0.15) is 35.1 Å². The molecule has 0 radical (unpaired) electrons. The maximum absolute atomic E-state index is 12.9. The van der Waals surface area contributed by atoms with E-state index in [0.29, 0.717) is 45.6 Å². The second kappa shape index (κ2) is 14.7. The van der Waals surface area contributed by atoms with Crippen LogP contribution in [-0.4, -0.2) is 73.1 Å². The molecular formula is C39H51N3O7. The summed E-state index contributed by atoms with van der Waals surface area (Å²) in [5.74, 6) is 1.76. The number of carbonyl (C=O) groups excluding carboxylic acids is 2. The molecule has 0 unspecified atom stereocenters. The van der Waals surface area contributed by atoms with Gasteiger partial charge in [0.2, 0.25) is 0 Å². The first-order chi connectivity index (χ1) is 23.2. The molecule has 1 saturated heterocycles. The number of hydrogen-bond acceptors (Lipinski definition) is 9. The molecule has 5 rings (SSSR count). The number of aromatic nitrogens is 1. The minimum Gasteiger partial charge on any atom is -0.496 e. The summed E-state index contributed by atoms with van der Waals surface area (Å²) >= 11 is 0. The highest BCUT2D eigenvalue weighted by Gasteiger charge is 2.37. The Bertz CT molecular complexity index is 1640. The third-order valence-electron chi connectivity index (χ3n) is 8.73. The smallest absolute Gasteiger partial charge is 0.410 e. The lowest BCUT2D eigenvalue weighted by Gasteiger charge is -2.38. The van der Waals surface area contributed by atoms with Crippen molar-refractivity contribution < 1.29 is 33.3 Å². The highest BCUT2D eigenvalue weighted by Crippen LogP contribution is 2.36. The molecule has 49 heavy (non-hydrogen) atoms. The molecule has 0 bridgehead atoms. The van der Waals surface area contributed by atoms with Crippen LogP contribution in [0.5, 0.6) is 11.5 Å². The molecule has 10 heteroatoms. The highest BCUT2D eigenvalue weighted by molar-refractivity contribution is 5.74. The van der Waals surface area contributed by atoms with E-state index in [1.807, 2.05) is 90.9 Å². The van der Waals surface area contributed by atoms with Gasteiger partial charge in [-0.15, -0.1) is 0 Å². The van der Waals surface area contributed by atoms with E-state index >= 15 is 0 Å². The topological polar surface area (TPSA) is 99.7 Å². The fourth-order valence-corrected chi connectivity index (χ4v) is 6.40. The van der Waals surface area contributed by atoms with Crippen LogP contribution in [0.25, 0.3) is 11.3 Å². The number of benzene rings is 2. The van der Waals surface area contributed by atoms with Crippen LogP contribution in [0.3, 0.4) is 0 Å². The second-order valence-electron chi connectivity index (χ2n) is 14.9. The lowest BCUT2D eigenvalue weighted by molar-refractivity contribution is -0.165. The van der Waals surface area contributed by atoms with Crippen LogP contribution < -0.4 is 14.4 Å². The molecule has 0 aliphatic carbocycles. The zero-order valence-corrected chi connectivity index (χ0v) is 30.4. The lowest BCUT2D eigenvalue weighted by Crippen LogP contribution is -2.49. The maximum atomic E-state index is 12.9. The number of anilines is 1. The largest absolute Gasteiger partial charge is 0.496 e. The number of amides is 1. The molecular weight excluding hydrogens is 622 g/mol. The summed E-state index contributed by atoms with van der Waals surface area (Å²) in [4.78, 5) is 34.6. The van der Waals surface area contributed by atoms with Gasteiger partial charge in [-0.2, -0.15) is 0 Å². The minimum absolute atomic E-state index is 0.221. The van der Waals surface area contributed by atoms with Gasteiger partial charge in [-0.25, -0.2) is 9.78 Å². The average molecular weight is 674 g/mol. The van der Waals surface area contributed by atoms with E-state index in [1.165, 1.54) is 0 Å². The standard InChI is InChI=1S/C39H51N3O7/c1-25-12-10-13-28(31-14-11-15-34(40-31)41-19-17-29(33(23-41)46-9)36(43)48-38(2,3)4)35(25)47-24-26-20-27-16-18-42(37(44)49-39(5,6)7)22-30(27)32(21-26)45-8/h10-15,20-21,29,33H,16-19,22-24H2,1-9H3/t29-,33+/m0/s1. The Balaban J connectivity index is 1.32. The third kappa shape index (κ3) is 8.84. The van der Waals surface area contributed by atoms with Crippen LogP contribution >= 0.6 is 0 Å². The second-order valence-corrected chi connectivity index (χ2v) is 14.9. The Kier molecular flexibility index (Phi) is 10.8. The number of piperidine rings is 1. The van der Waals surface area contributed by atoms with Crippen LogP contribution in [0.4, 0.5) is 10.6 Å². The summed E-state index contributed by atoms with van der Waals surface area (Å²) in [6.07, 6.45) is 0.688. The Hall–Kier alpha value is -4.31. The fraction of sp³-hybridized carbons (Fsp3) is 0.513. The highest BCUT2D eigenvalue weighted by atomic mass is 16.6. The molecule has 1 fully saturated rings. The van der Waals surface area contributed by atoms with E-state index in [-0.39, 0.29) is 24.1 Å². The zero-order chi connectivity index (χ0) is 35.5. The van der Waals surface area contributed by atoms with Crippen LogP contribution in [0.15, 0.2) is 48.5 Å². The predicted molar refractivity (Wildman–Crippen MR) is 189 cm³/mol. The van der Waals surface area contributed by atoms with Gasteiger partial charge in [0.05, 0.1) is 31.4 Å². The van der Waals surface area contributed by atoms with E-state index in [2.05, 4.69) is 11.0 Å². The van der Waals surface area contributed by atoms with Gasteiger partial charge >= 0.3 is 12.1 Å². The van der Waals surface area contributed by atoms with Gasteiger partial charge in [0.15, 0.2) is 0 Å².